The summed E-state index contributed by atoms with van der Waals surface area (Å²) in [6, 6.07) is 13.1. The first-order valence-corrected chi connectivity index (χ1v) is 11.3. The molecule has 2 N–H and O–H groups in total. The average Bonchev–Trinajstić information content (AvgIpc) is 3.00. The largest absolute Gasteiger partial charge is 0.507 e. The van der Waals surface area contributed by atoms with Crippen LogP contribution in [0.25, 0.3) is 22.4 Å². The number of benzene rings is 1. The summed E-state index contributed by atoms with van der Waals surface area (Å²) in [5, 5.41) is 19.5. The van der Waals surface area contributed by atoms with E-state index in [1.807, 2.05) is 24.3 Å². The molecule has 0 saturated heterocycles. The summed E-state index contributed by atoms with van der Waals surface area (Å²) >= 11 is 0. The van der Waals surface area contributed by atoms with Crippen LogP contribution >= 0.6 is 0 Å². The summed E-state index contributed by atoms with van der Waals surface area (Å²) in [5.41, 5.74) is 3.48. The van der Waals surface area contributed by atoms with Gasteiger partial charge in [-0.1, -0.05) is 19.9 Å². The van der Waals surface area contributed by atoms with Crippen LogP contribution in [0.1, 0.15) is 46.0 Å². The second kappa shape index (κ2) is 7.47. The molecular weight excluding hydrogens is 400 g/mol. The number of hydrogen-bond donors (Lipinski definition) is 2. The van der Waals surface area contributed by atoms with Gasteiger partial charge in [0.1, 0.15) is 5.75 Å². The predicted octanol–water partition coefficient (Wildman–Crippen LogP) is 5.00. The Bertz CT molecular complexity index is 1190. The lowest BCUT2D eigenvalue weighted by molar-refractivity contribution is 0.148. The maximum Gasteiger partial charge on any atom is 0.248 e. The van der Waals surface area contributed by atoms with Crippen molar-refractivity contribution in [2.75, 3.05) is 11.9 Å². The van der Waals surface area contributed by atoms with Gasteiger partial charge in [-0.15, -0.1) is 10.2 Å². The Morgan fingerprint density at radius 1 is 1.00 bits per heavy atom. The molecule has 0 amide bonds. The van der Waals surface area contributed by atoms with Crippen LogP contribution in [0.15, 0.2) is 53.5 Å². The van der Waals surface area contributed by atoms with E-state index in [1.165, 1.54) is 38.2 Å². The predicted molar refractivity (Wildman–Crippen MR) is 127 cm³/mol. The molecule has 2 aliphatic rings. The Morgan fingerprint density at radius 3 is 2.34 bits per heavy atom. The number of nitrogens with zero attached hydrogens (tertiary/aromatic N) is 3. The molecule has 0 radical (unpaired) electrons. The van der Waals surface area contributed by atoms with Gasteiger partial charge in [-0.2, -0.15) is 0 Å². The highest BCUT2D eigenvalue weighted by molar-refractivity contribution is 5.74. The van der Waals surface area contributed by atoms with E-state index in [0.717, 1.165) is 16.9 Å². The molecule has 2 aromatic heterocycles. The molecule has 0 aliphatic heterocycles. The Morgan fingerprint density at radius 2 is 1.72 bits per heavy atom. The fraction of sp³-hybridized carbons (Fsp3) is 0.423. The maximum absolute atomic E-state index is 11.6. The zero-order valence-corrected chi connectivity index (χ0v) is 18.9. The molecule has 5 rings (SSSR count). The van der Waals surface area contributed by atoms with Gasteiger partial charge in [0, 0.05) is 30.9 Å². The number of aromatic nitrogens is 3. The molecule has 2 fully saturated rings. The van der Waals surface area contributed by atoms with Crippen LogP contribution in [0.4, 0.5) is 5.82 Å². The quantitative estimate of drug-likeness (QED) is 0.609. The van der Waals surface area contributed by atoms with Crippen molar-refractivity contribution in [2.24, 2.45) is 10.8 Å². The van der Waals surface area contributed by atoms with E-state index in [9.17, 15) is 9.90 Å². The first kappa shape index (κ1) is 20.7. The van der Waals surface area contributed by atoms with Gasteiger partial charge in [-0.3, -0.25) is 4.79 Å². The fourth-order valence-corrected chi connectivity index (χ4v) is 6.04. The molecular formula is C26H30N4O2. The first-order chi connectivity index (χ1) is 15.2. The van der Waals surface area contributed by atoms with Crippen LogP contribution < -0.4 is 10.5 Å². The van der Waals surface area contributed by atoms with E-state index in [4.69, 9.17) is 0 Å². The molecule has 32 heavy (non-hydrogen) atoms. The summed E-state index contributed by atoms with van der Waals surface area (Å²) in [5.74, 6) is 0.981. The van der Waals surface area contributed by atoms with Crippen LogP contribution in [-0.2, 0) is 0 Å². The fourth-order valence-electron chi connectivity index (χ4n) is 6.04. The third kappa shape index (κ3) is 3.78. The number of hydrogen-bond acceptors (Lipinski definition) is 5. The normalized spacial score (nSPS) is 26.8. The van der Waals surface area contributed by atoms with E-state index in [0.29, 0.717) is 28.1 Å². The van der Waals surface area contributed by atoms with E-state index < -0.39 is 0 Å². The van der Waals surface area contributed by atoms with Gasteiger partial charge < -0.3 is 15.0 Å². The van der Waals surface area contributed by atoms with Crippen LogP contribution in [0.3, 0.4) is 0 Å². The maximum atomic E-state index is 11.6. The molecule has 3 atom stereocenters. The Labute approximate surface area is 188 Å². The highest BCUT2D eigenvalue weighted by atomic mass is 16.3. The Kier molecular flexibility index (Phi) is 4.84. The third-order valence-electron chi connectivity index (χ3n) is 7.58. The second-order valence-corrected chi connectivity index (χ2v) is 10.4. The lowest BCUT2D eigenvalue weighted by Gasteiger charge is -2.44. The van der Waals surface area contributed by atoms with Crippen molar-refractivity contribution in [3.8, 4) is 28.1 Å². The number of phenolic OH excluding ortho intramolecular Hbond substituents is 1. The molecule has 0 spiro atoms. The van der Waals surface area contributed by atoms with Gasteiger partial charge in [0.2, 0.25) is 5.56 Å². The molecule has 2 aliphatic carbocycles. The molecule has 6 nitrogen and oxygen atoms in total. The minimum atomic E-state index is -0.175. The van der Waals surface area contributed by atoms with Crippen molar-refractivity contribution in [1.82, 2.24) is 15.2 Å². The van der Waals surface area contributed by atoms with Gasteiger partial charge in [0.25, 0.3) is 0 Å². The Balaban J connectivity index is 1.36. The van der Waals surface area contributed by atoms with E-state index in [1.54, 1.807) is 18.3 Å². The van der Waals surface area contributed by atoms with Gasteiger partial charge >= 0.3 is 0 Å². The molecule has 6 heteroatoms. The van der Waals surface area contributed by atoms with Crippen molar-refractivity contribution < 1.29 is 5.11 Å². The molecule has 2 saturated carbocycles. The van der Waals surface area contributed by atoms with E-state index in [-0.39, 0.29) is 11.3 Å². The van der Waals surface area contributed by atoms with Crippen molar-refractivity contribution in [1.29, 1.82) is 0 Å². The van der Waals surface area contributed by atoms with Crippen molar-refractivity contribution in [3.63, 3.8) is 0 Å². The van der Waals surface area contributed by atoms with Crippen LogP contribution in [0.5, 0.6) is 5.75 Å². The molecule has 2 bridgehead atoms. The zero-order chi connectivity index (χ0) is 22.5. The smallest absolute Gasteiger partial charge is 0.248 e. The number of anilines is 1. The second-order valence-electron chi connectivity index (χ2n) is 10.4. The van der Waals surface area contributed by atoms with Crippen molar-refractivity contribution in [3.05, 3.63) is 59.0 Å². The average molecular weight is 431 g/mol. The molecule has 1 unspecified atom stereocenters. The van der Waals surface area contributed by atoms with Crippen molar-refractivity contribution >= 4 is 5.82 Å². The third-order valence-corrected chi connectivity index (χ3v) is 7.58. The number of aromatic amines is 1. The highest BCUT2D eigenvalue weighted by Crippen LogP contribution is 2.58. The topological polar surface area (TPSA) is 82.1 Å². The van der Waals surface area contributed by atoms with Crippen LogP contribution in [-0.4, -0.2) is 33.4 Å². The molecule has 1 aromatic carbocycles. The summed E-state index contributed by atoms with van der Waals surface area (Å²) in [6.07, 6.45) is 7.99. The van der Waals surface area contributed by atoms with Crippen molar-refractivity contribution in [2.45, 2.75) is 52.0 Å². The minimum Gasteiger partial charge on any atom is -0.507 e. The van der Waals surface area contributed by atoms with Gasteiger partial charge in [-0.05, 0) is 84.4 Å². The number of rotatable bonds is 4. The molecule has 3 aromatic rings. The standard InChI is InChI=1S/C26H30N4O2/c1-25-9-10-26(2,16-25)15-19(14-25)30(3)23-7-6-21(28-29-23)20-5-4-17(12-22(20)31)18-8-11-27-24(32)13-18/h4-8,11-13,19,31H,9-10,14-16H2,1-3H3,(H,27,32)/t19?,25-,26+. The lowest BCUT2D eigenvalue weighted by atomic mass is 9.68. The summed E-state index contributed by atoms with van der Waals surface area (Å²) in [4.78, 5) is 16.5. The van der Waals surface area contributed by atoms with E-state index in [2.05, 4.69) is 41.0 Å². The van der Waals surface area contributed by atoms with Gasteiger partial charge in [0.15, 0.2) is 5.82 Å². The monoisotopic (exact) mass is 430 g/mol. The number of nitrogens with one attached hydrogen (secondary N) is 1. The lowest BCUT2D eigenvalue weighted by Crippen LogP contribution is -2.42. The number of phenols is 1. The number of H-pyrrole nitrogens is 1. The molecule has 2 heterocycles. The Hall–Kier alpha value is -3.15. The number of pyridine rings is 1. The van der Waals surface area contributed by atoms with Gasteiger partial charge in [0.05, 0.1) is 5.69 Å². The highest BCUT2D eigenvalue weighted by Gasteiger charge is 2.49. The zero-order valence-electron chi connectivity index (χ0n) is 18.9. The summed E-state index contributed by atoms with van der Waals surface area (Å²) in [6.45, 7) is 4.87. The summed E-state index contributed by atoms with van der Waals surface area (Å²) in [7, 11) is 2.12. The van der Waals surface area contributed by atoms with Gasteiger partial charge in [-0.25, -0.2) is 0 Å². The van der Waals surface area contributed by atoms with Crippen LogP contribution in [0.2, 0.25) is 0 Å². The minimum absolute atomic E-state index is 0.114. The number of aromatic hydroxyl groups is 1. The SMILES string of the molecule is CN(c1ccc(-c2ccc(-c3cc[nH]c(=O)c3)cc2O)nn1)C1C[C@]2(C)CC[C@](C)(C1)C2. The van der Waals surface area contributed by atoms with E-state index >= 15 is 0 Å². The van der Waals surface area contributed by atoms with Crippen LogP contribution in [0, 0.1) is 10.8 Å². The number of fused-ring (bicyclic) bond motifs is 2. The first-order valence-electron chi connectivity index (χ1n) is 11.3. The summed E-state index contributed by atoms with van der Waals surface area (Å²) < 4.78 is 0. The molecule has 166 valence electrons.